The minimum atomic E-state index is -3.76. The fraction of sp³-hybridized carbons (Fsp3) is 0.360. The van der Waals surface area contributed by atoms with Crippen molar-refractivity contribution in [2.75, 3.05) is 20.2 Å². The van der Waals surface area contributed by atoms with Gasteiger partial charge in [0, 0.05) is 29.6 Å². The minimum Gasteiger partial charge on any atom is -0.495 e. The van der Waals surface area contributed by atoms with Crippen LogP contribution in [0, 0.1) is 11.3 Å². The van der Waals surface area contributed by atoms with Crippen molar-refractivity contribution < 1.29 is 17.9 Å². The number of Topliss-reactive ketones (excluding diaryl/α,β-unsaturated/α-hetero) is 1. The van der Waals surface area contributed by atoms with E-state index in [0.29, 0.717) is 36.2 Å². The van der Waals surface area contributed by atoms with Crippen LogP contribution in [0.25, 0.3) is 5.57 Å². The number of allylic oxidation sites excluding steroid dienone is 2. The fourth-order valence-electron chi connectivity index (χ4n) is 5.28. The second-order valence-electron chi connectivity index (χ2n) is 9.13. The van der Waals surface area contributed by atoms with E-state index >= 15 is 0 Å². The molecule has 0 spiro atoms. The zero-order chi connectivity index (χ0) is 22.8. The molecule has 3 aliphatic rings. The Morgan fingerprint density at radius 3 is 2.47 bits per heavy atom. The predicted octanol–water partition coefficient (Wildman–Crippen LogP) is 3.84. The van der Waals surface area contributed by atoms with Gasteiger partial charge < -0.3 is 4.74 Å². The van der Waals surface area contributed by atoms with E-state index < -0.39 is 15.4 Å². The van der Waals surface area contributed by atoms with Crippen molar-refractivity contribution in [3.05, 3.63) is 63.7 Å². The molecule has 0 bridgehead atoms. The highest BCUT2D eigenvalue weighted by Gasteiger charge is 2.44. The van der Waals surface area contributed by atoms with Crippen molar-refractivity contribution >= 4 is 21.4 Å². The van der Waals surface area contributed by atoms with Crippen LogP contribution in [0.5, 0.6) is 5.75 Å². The average Bonchev–Trinajstić information content (AvgIpc) is 3.45. The first kappa shape index (κ1) is 20.9. The smallest absolute Gasteiger partial charge is 0.246 e. The van der Waals surface area contributed by atoms with Crippen LogP contribution in [0.3, 0.4) is 0 Å². The Morgan fingerprint density at radius 2 is 1.81 bits per heavy atom. The number of fused-ring (bicyclic) bond motifs is 3. The van der Waals surface area contributed by atoms with Crippen LogP contribution >= 0.6 is 0 Å². The number of nitriles is 1. The van der Waals surface area contributed by atoms with E-state index in [2.05, 4.69) is 19.9 Å². The van der Waals surface area contributed by atoms with Gasteiger partial charge in [-0.15, -0.1) is 0 Å². The van der Waals surface area contributed by atoms with Crippen molar-refractivity contribution in [3.63, 3.8) is 0 Å². The van der Waals surface area contributed by atoms with Crippen LogP contribution < -0.4 is 4.74 Å². The number of hydrogen-bond acceptors (Lipinski definition) is 5. The van der Waals surface area contributed by atoms with Crippen LogP contribution in [-0.2, 0) is 21.9 Å². The molecule has 0 N–H and O–H groups in total. The van der Waals surface area contributed by atoms with E-state index in [9.17, 15) is 18.5 Å². The molecule has 7 heteroatoms. The highest BCUT2D eigenvalue weighted by atomic mass is 32.2. The number of methoxy groups -OCH3 is 1. The summed E-state index contributed by atoms with van der Waals surface area (Å²) in [4.78, 5) is 13.8. The maximum Gasteiger partial charge on any atom is 0.246 e. The number of benzene rings is 2. The molecule has 6 nitrogen and oxygen atoms in total. The molecule has 1 saturated heterocycles. The van der Waals surface area contributed by atoms with Gasteiger partial charge in [-0.25, -0.2) is 8.42 Å². The Kier molecular flexibility index (Phi) is 4.59. The van der Waals surface area contributed by atoms with Gasteiger partial charge in [-0.2, -0.15) is 9.57 Å². The van der Waals surface area contributed by atoms with E-state index in [1.54, 1.807) is 12.1 Å². The van der Waals surface area contributed by atoms with Crippen LogP contribution in [0.4, 0.5) is 0 Å². The van der Waals surface area contributed by atoms with E-state index in [1.807, 2.05) is 12.1 Å². The van der Waals surface area contributed by atoms with E-state index in [1.165, 1.54) is 17.5 Å². The zero-order valence-electron chi connectivity index (χ0n) is 18.4. The number of nitrogens with zero attached hydrogens (tertiary/aromatic N) is 2. The van der Waals surface area contributed by atoms with Gasteiger partial charge in [0.15, 0.2) is 5.78 Å². The average molecular weight is 449 g/mol. The lowest BCUT2D eigenvalue weighted by molar-refractivity contribution is 0.105. The van der Waals surface area contributed by atoms with Crippen molar-refractivity contribution in [2.24, 2.45) is 0 Å². The normalized spacial score (nSPS) is 19.4. The van der Waals surface area contributed by atoms with Crippen LogP contribution in [0.15, 0.2) is 40.8 Å². The van der Waals surface area contributed by atoms with Gasteiger partial charge in [0.05, 0.1) is 18.7 Å². The fourth-order valence-corrected chi connectivity index (χ4v) is 6.96. The molecule has 2 aromatic rings. The lowest BCUT2D eigenvalue weighted by atomic mass is 9.68. The molecule has 1 aliphatic heterocycles. The summed E-state index contributed by atoms with van der Waals surface area (Å²) in [5, 5.41) is 9.27. The standard InChI is InChI=1S/C25H24N2O4S/c1-25(2)19-13-21(31-3)22(32(29,30)27-8-4-5-9-27)12-18(19)24(28)23-17-7-6-15(14-26)10-16(17)11-20(23)25/h6-7,10,12-13H,4-5,8-9,11H2,1-3H3. The number of sulfonamides is 1. The highest BCUT2D eigenvalue weighted by molar-refractivity contribution is 7.89. The molecule has 0 unspecified atom stereocenters. The molecular formula is C25H24N2O4S. The Balaban J connectivity index is 1.70. The maximum atomic E-state index is 13.7. The molecule has 1 fully saturated rings. The van der Waals surface area contributed by atoms with E-state index in [0.717, 1.165) is 35.1 Å². The summed E-state index contributed by atoms with van der Waals surface area (Å²) in [5.41, 5.74) is 4.67. The third-order valence-corrected chi connectivity index (χ3v) is 8.98. The van der Waals surface area contributed by atoms with Crippen molar-refractivity contribution in [2.45, 2.75) is 43.4 Å². The summed E-state index contributed by atoms with van der Waals surface area (Å²) in [7, 11) is -2.30. The summed E-state index contributed by atoms with van der Waals surface area (Å²) in [6.45, 7) is 5.06. The van der Waals surface area contributed by atoms with Gasteiger partial charge in [0.1, 0.15) is 10.6 Å². The van der Waals surface area contributed by atoms with Crippen LogP contribution in [0.2, 0.25) is 0 Å². The molecule has 5 rings (SSSR count). The molecule has 1 heterocycles. The molecule has 32 heavy (non-hydrogen) atoms. The number of ketones is 1. The van der Waals surface area contributed by atoms with Gasteiger partial charge in [-0.05, 0) is 65.8 Å². The first-order chi connectivity index (χ1) is 15.2. The predicted molar refractivity (Wildman–Crippen MR) is 120 cm³/mol. The molecule has 0 atom stereocenters. The van der Waals surface area contributed by atoms with Crippen molar-refractivity contribution in [1.82, 2.24) is 4.31 Å². The summed E-state index contributed by atoms with van der Waals surface area (Å²) >= 11 is 0. The topological polar surface area (TPSA) is 87.5 Å². The molecule has 0 radical (unpaired) electrons. The third-order valence-electron chi connectivity index (χ3n) is 7.06. The second-order valence-corrected chi connectivity index (χ2v) is 11.0. The monoisotopic (exact) mass is 448 g/mol. The third kappa shape index (κ3) is 2.79. The van der Waals surface area contributed by atoms with Gasteiger partial charge >= 0.3 is 0 Å². The lowest BCUT2D eigenvalue weighted by Gasteiger charge is -2.35. The molecule has 2 aliphatic carbocycles. The molecule has 0 amide bonds. The Bertz CT molecular complexity index is 1360. The van der Waals surface area contributed by atoms with Crippen molar-refractivity contribution in [3.8, 4) is 11.8 Å². The van der Waals surface area contributed by atoms with Gasteiger partial charge in [0.2, 0.25) is 10.0 Å². The van der Waals surface area contributed by atoms with Gasteiger partial charge in [0.25, 0.3) is 0 Å². The second kappa shape index (κ2) is 7.03. The lowest BCUT2D eigenvalue weighted by Crippen LogP contribution is -2.32. The largest absolute Gasteiger partial charge is 0.495 e. The van der Waals surface area contributed by atoms with E-state index in [4.69, 9.17) is 4.74 Å². The molecule has 0 aromatic heterocycles. The summed E-state index contributed by atoms with van der Waals surface area (Å²) < 4.78 is 33.7. The first-order valence-electron chi connectivity index (χ1n) is 10.7. The molecule has 164 valence electrons. The zero-order valence-corrected chi connectivity index (χ0v) is 19.2. The summed E-state index contributed by atoms with van der Waals surface area (Å²) in [5.74, 6) is 0.0983. The molecular weight excluding hydrogens is 424 g/mol. The quantitative estimate of drug-likeness (QED) is 0.712. The number of rotatable bonds is 3. The highest BCUT2D eigenvalue weighted by Crippen LogP contribution is 2.51. The Hall–Kier alpha value is -2.95. The van der Waals surface area contributed by atoms with Gasteiger partial charge in [-0.1, -0.05) is 19.9 Å². The maximum absolute atomic E-state index is 13.7. The molecule has 0 saturated carbocycles. The Labute approximate surface area is 188 Å². The SMILES string of the molecule is COc1cc2c(cc1S(=O)(=O)N1CCCC1)C(=O)C1=C(Cc3cc(C#N)ccc31)C2(C)C. The van der Waals surface area contributed by atoms with Crippen LogP contribution in [0.1, 0.15) is 59.3 Å². The van der Waals surface area contributed by atoms with E-state index in [-0.39, 0.29) is 16.4 Å². The first-order valence-corrected chi connectivity index (χ1v) is 12.2. The number of carbonyl (C=O) groups is 1. The minimum absolute atomic E-state index is 0.0481. The van der Waals surface area contributed by atoms with Gasteiger partial charge in [-0.3, -0.25) is 4.79 Å². The number of ether oxygens (including phenoxy) is 1. The summed E-state index contributed by atoms with van der Waals surface area (Å²) in [6, 6.07) is 10.8. The number of hydrogen-bond donors (Lipinski definition) is 0. The summed E-state index contributed by atoms with van der Waals surface area (Å²) in [6.07, 6.45) is 2.25. The molecule has 2 aromatic carbocycles. The van der Waals surface area contributed by atoms with Crippen molar-refractivity contribution in [1.29, 1.82) is 5.26 Å². The Morgan fingerprint density at radius 1 is 1.09 bits per heavy atom. The number of carbonyl (C=O) groups excluding carboxylic acids is 1. The van der Waals surface area contributed by atoms with Crippen LogP contribution in [-0.4, -0.2) is 38.7 Å².